The van der Waals surface area contributed by atoms with Crippen LogP contribution in [0.1, 0.15) is 2.85 Å². The first-order valence-corrected chi connectivity index (χ1v) is 2.10. The van der Waals surface area contributed by atoms with E-state index in [1.807, 2.05) is 0 Å². The van der Waals surface area contributed by atoms with Crippen molar-refractivity contribution in [3.8, 4) is 0 Å². The second-order valence-corrected chi connectivity index (χ2v) is 1.34. The molecule has 22 N–H and O–H groups in total. The monoisotopic (exact) mass is 362 g/mol. The smallest absolute Gasteiger partial charge is 1.00 e. The van der Waals surface area contributed by atoms with Gasteiger partial charge in [-0.25, -0.2) is 0 Å². The van der Waals surface area contributed by atoms with Gasteiger partial charge in [-0.05, 0) is 0 Å². The quantitative estimate of drug-likeness (QED) is 0.312. The normalized spacial score (nSPS) is 3.22. The molecule has 0 radical (unpaired) electrons. The summed E-state index contributed by atoms with van der Waals surface area (Å²) in [5.74, 6) is 0. The Kier molecular flexibility index (Phi) is 1140. The van der Waals surface area contributed by atoms with Crippen LogP contribution < -0.4 is 59.1 Å². The number of hydrogen-bond donors (Lipinski definition) is 2. The molecule has 0 amide bonds. The molecule has 0 aliphatic heterocycles. The van der Waals surface area contributed by atoms with E-state index in [1.165, 1.54) is 0 Å². The standard InChI is InChI=1S/ClH.2Na.H2O4S.10H2O.2H/c;;;1-5(2,3)4;;;;;;;;;;;;/h1H;;;(H2,1,2,3,4);10*1H2;;/q;2*+1;;;;;;;;;;;;2*-1. The van der Waals surface area contributed by atoms with E-state index in [1.54, 1.807) is 0 Å². The SMILES string of the molecule is Cl.O.O.O.O.O.O.O.O.O.O.O=S(=O)(O)O.[H-].[H-].[Na+].[Na+]. The van der Waals surface area contributed by atoms with Gasteiger partial charge in [0.05, 0.1) is 0 Å². The summed E-state index contributed by atoms with van der Waals surface area (Å²) in [6.07, 6.45) is 0. The third-order valence-corrected chi connectivity index (χ3v) is 0. The minimum Gasteiger partial charge on any atom is -1.00 e. The topological polar surface area (TPSA) is 390 Å². The van der Waals surface area contributed by atoms with Gasteiger partial charge < -0.3 is 57.6 Å². The molecule has 0 aliphatic rings. The largest absolute Gasteiger partial charge is 1.00 e. The summed E-state index contributed by atoms with van der Waals surface area (Å²) < 4.78 is 31.6. The fourth-order valence-corrected chi connectivity index (χ4v) is 0. The van der Waals surface area contributed by atoms with Gasteiger partial charge in [0.15, 0.2) is 0 Å². The fourth-order valence-electron chi connectivity index (χ4n) is 0. The van der Waals surface area contributed by atoms with Gasteiger partial charge in [-0.15, -0.1) is 12.4 Å². The van der Waals surface area contributed by atoms with Crippen LogP contribution in [0.25, 0.3) is 0 Å². The van der Waals surface area contributed by atoms with Gasteiger partial charge in [0.25, 0.3) is 0 Å². The first-order valence-electron chi connectivity index (χ1n) is 0.698. The molecule has 0 atom stereocenters. The molecule has 0 aromatic heterocycles. The summed E-state index contributed by atoms with van der Waals surface area (Å²) >= 11 is 0. The maximum Gasteiger partial charge on any atom is 1.00 e. The second kappa shape index (κ2) is 98.3. The van der Waals surface area contributed by atoms with E-state index in [2.05, 4.69) is 0 Å². The summed E-state index contributed by atoms with van der Waals surface area (Å²) in [7, 11) is -4.67. The van der Waals surface area contributed by atoms with Crippen molar-refractivity contribution >= 4 is 22.8 Å². The van der Waals surface area contributed by atoms with Crippen LogP contribution in [-0.2, 0) is 10.4 Å². The number of hydrogen-bond acceptors (Lipinski definition) is 2. The Hall–Kier alpha value is 1.76. The number of rotatable bonds is 0. The van der Waals surface area contributed by atoms with Crippen LogP contribution >= 0.6 is 12.4 Å². The molecule has 0 unspecified atom stereocenters. The predicted octanol–water partition coefficient (Wildman–Crippen LogP) is -14.2. The Morgan fingerprint density at radius 1 is 0.556 bits per heavy atom. The van der Waals surface area contributed by atoms with Crippen molar-refractivity contribution in [3.63, 3.8) is 0 Å². The molecule has 0 aromatic carbocycles. The minimum atomic E-state index is -4.67. The van der Waals surface area contributed by atoms with Crippen LogP contribution in [0.4, 0.5) is 0 Å². The van der Waals surface area contributed by atoms with Crippen LogP contribution in [-0.4, -0.2) is 72.3 Å². The Labute approximate surface area is 156 Å². The van der Waals surface area contributed by atoms with Gasteiger partial charge in [-0.1, -0.05) is 0 Å². The first kappa shape index (κ1) is 210. The summed E-state index contributed by atoms with van der Waals surface area (Å²) in [6, 6.07) is 0. The second-order valence-electron chi connectivity index (χ2n) is 0.448. The molecular weight excluding hydrogens is 337 g/mol. The van der Waals surface area contributed by atoms with Gasteiger partial charge in [0.2, 0.25) is 0 Å². The third-order valence-electron chi connectivity index (χ3n) is 0. The van der Waals surface area contributed by atoms with Gasteiger partial charge in [-0.2, -0.15) is 8.42 Å². The van der Waals surface area contributed by atoms with Crippen molar-refractivity contribution in [1.29, 1.82) is 0 Å². The number of halogens is 1. The average molecular weight is 363 g/mol. The zero-order chi connectivity index (χ0) is 4.50. The average Bonchev–Trinajstić information content (AvgIpc) is 0.722. The van der Waals surface area contributed by atoms with Crippen molar-refractivity contribution in [2.24, 2.45) is 0 Å². The van der Waals surface area contributed by atoms with E-state index >= 15 is 0 Å². The first-order chi connectivity index (χ1) is 2.00. The molecule has 0 saturated carbocycles. The summed E-state index contributed by atoms with van der Waals surface area (Å²) in [5.41, 5.74) is 0. The molecule has 18 heavy (non-hydrogen) atoms. The minimum absolute atomic E-state index is 0. The molecule has 0 spiro atoms. The molecule has 0 rings (SSSR count). The van der Waals surface area contributed by atoms with E-state index in [0.29, 0.717) is 0 Å². The zero-order valence-corrected chi connectivity index (χ0v) is 15.2. The van der Waals surface area contributed by atoms with Crippen molar-refractivity contribution in [3.05, 3.63) is 0 Å². The Morgan fingerprint density at radius 3 is 0.556 bits per heavy atom. The molecule has 18 heteroatoms. The van der Waals surface area contributed by atoms with Gasteiger partial charge in [0.1, 0.15) is 0 Å². The van der Waals surface area contributed by atoms with Crippen LogP contribution in [0.15, 0.2) is 0 Å². The summed E-state index contributed by atoms with van der Waals surface area (Å²) in [6.45, 7) is 0. The van der Waals surface area contributed by atoms with Gasteiger partial charge >= 0.3 is 69.5 Å². The molecule has 0 fully saturated rings. The van der Waals surface area contributed by atoms with Crippen LogP contribution in [0.2, 0.25) is 0 Å². The summed E-state index contributed by atoms with van der Waals surface area (Å²) in [4.78, 5) is 0. The fraction of sp³-hybridized carbons (Fsp3) is 0. The van der Waals surface area contributed by atoms with E-state index in [-0.39, 0.29) is 129 Å². The Balaban J connectivity index is -0.000000000762. The molecular formula is H25ClNa2O14S. The predicted molar refractivity (Wildman–Crippen MR) is 59.8 cm³/mol. The van der Waals surface area contributed by atoms with Crippen molar-refractivity contribution in [2.45, 2.75) is 0 Å². The maximum atomic E-state index is 8.74. The van der Waals surface area contributed by atoms with E-state index < -0.39 is 10.4 Å². The van der Waals surface area contributed by atoms with Crippen LogP contribution in [0.5, 0.6) is 0 Å². The molecule has 0 saturated heterocycles. The van der Waals surface area contributed by atoms with Crippen molar-refractivity contribution < 1.29 is 134 Å². The molecule has 0 aliphatic carbocycles. The van der Waals surface area contributed by atoms with Gasteiger partial charge in [-0.3, -0.25) is 9.11 Å². The van der Waals surface area contributed by atoms with E-state index in [9.17, 15) is 0 Å². The Bertz CT molecular complexity index is 112. The summed E-state index contributed by atoms with van der Waals surface area (Å²) in [5, 5.41) is 0. The maximum absolute atomic E-state index is 8.74. The molecule has 0 aromatic rings. The van der Waals surface area contributed by atoms with Crippen LogP contribution in [0.3, 0.4) is 0 Å². The van der Waals surface area contributed by atoms with Crippen LogP contribution in [0, 0.1) is 0 Å². The third kappa shape index (κ3) is 1610. The van der Waals surface area contributed by atoms with Crippen molar-refractivity contribution in [2.75, 3.05) is 0 Å². The zero-order valence-electron chi connectivity index (χ0n) is 11.5. The van der Waals surface area contributed by atoms with Crippen molar-refractivity contribution in [1.82, 2.24) is 0 Å². The molecule has 124 valence electrons. The van der Waals surface area contributed by atoms with E-state index in [0.717, 1.165) is 0 Å². The molecule has 0 bridgehead atoms. The Morgan fingerprint density at radius 2 is 0.556 bits per heavy atom. The molecule has 14 nitrogen and oxygen atoms in total. The molecule has 0 heterocycles. The van der Waals surface area contributed by atoms with E-state index in [4.69, 9.17) is 17.5 Å². The van der Waals surface area contributed by atoms with Gasteiger partial charge in [0, 0.05) is 0 Å².